The lowest BCUT2D eigenvalue weighted by molar-refractivity contribution is 0.00500. The third-order valence-corrected chi connectivity index (χ3v) is 5.11. The third kappa shape index (κ3) is 3.20. The minimum absolute atomic E-state index is 0.00512. The first-order valence-corrected chi connectivity index (χ1v) is 9.00. The molecule has 3 heterocycles. The summed E-state index contributed by atoms with van der Waals surface area (Å²) in [6.45, 7) is -1.21. The summed E-state index contributed by atoms with van der Waals surface area (Å²) in [6, 6.07) is 2.01. The van der Waals surface area contributed by atoms with Crippen molar-refractivity contribution in [1.82, 2.24) is 14.8 Å². The Hall–Kier alpha value is -3.34. The van der Waals surface area contributed by atoms with Crippen LogP contribution in [0.5, 0.6) is 5.75 Å². The van der Waals surface area contributed by atoms with Crippen molar-refractivity contribution in [2.24, 2.45) is 0 Å². The number of hydrogen-bond donors (Lipinski definition) is 2. The SMILES string of the molecule is O=C(NCc1ccc(F)cc1F)c1cn2c(c(O)c1=O)C(=O)N1[C@@H](CF)CO[C@@H]1C2. The first-order chi connectivity index (χ1) is 14.3. The third-order valence-electron chi connectivity index (χ3n) is 5.11. The Labute approximate surface area is 167 Å². The molecule has 0 saturated carbocycles. The molecule has 8 nitrogen and oxygen atoms in total. The van der Waals surface area contributed by atoms with Crippen molar-refractivity contribution < 1.29 is 32.6 Å². The first-order valence-electron chi connectivity index (χ1n) is 9.00. The second kappa shape index (κ2) is 7.48. The maximum Gasteiger partial charge on any atom is 0.277 e. The molecule has 1 saturated heterocycles. The first kappa shape index (κ1) is 20.0. The molecule has 158 valence electrons. The van der Waals surface area contributed by atoms with E-state index in [9.17, 15) is 32.7 Å². The van der Waals surface area contributed by atoms with Gasteiger partial charge in [-0.15, -0.1) is 0 Å². The zero-order chi connectivity index (χ0) is 21.6. The van der Waals surface area contributed by atoms with Crippen molar-refractivity contribution in [3.05, 3.63) is 63.1 Å². The van der Waals surface area contributed by atoms with Crippen molar-refractivity contribution in [2.75, 3.05) is 13.3 Å². The largest absolute Gasteiger partial charge is 0.503 e. The Bertz CT molecular complexity index is 1100. The maximum atomic E-state index is 13.7. The molecule has 0 bridgehead atoms. The molecule has 0 spiro atoms. The highest BCUT2D eigenvalue weighted by Gasteiger charge is 2.44. The van der Waals surface area contributed by atoms with Gasteiger partial charge in [0, 0.05) is 24.4 Å². The average molecular weight is 423 g/mol. The normalized spacial score (nSPS) is 20.1. The fraction of sp³-hybridized carbons (Fsp3) is 0.316. The van der Waals surface area contributed by atoms with Gasteiger partial charge in [0.25, 0.3) is 11.8 Å². The van der Waals surface area contributed by atoms with Gasteiger partial charge in [0.15, 0.2) is 17.7 Å². The van der Waals surface area contributed by atoms with Crippen LogP contribution in [0.1, 0.15) is 26.4 Å². The van der Waals surface area contributed by atoms with Crippen LogP contribution in [-0.4, -0.2) is 51.9 Å². The lowest BCUT2D eigenvalue weighted by Crippen LogP contribution is -2.50. The zero-order valence-electron chi connectivity index (χ0n) is 15.4. The highest BCUT2D eigenvalue weighted by molar-refractivity contribution is 5.99. The predicted octanol–water partition coefficient (Wildman–Crippen LogP) is 0.912. The Morgan fingerprint density at radius 1 is 1.30 bits per heavy atom. The predicted molar refractivity (Wildman–Crippen MR) is 95.6 cm³/mol. The summed E-state index contributed by atoms with van der Waals surface area (Å²) < 4.78 is 46.4. The summed E-state index contributed by atoms with van der Waals surface area (Å²) in [6.07, 6.45) is 0.298. The van der Waals surface area contributed by atoms with Crippen LogP contribution in [0.25, 0.3) is 0 Å². The molecule has 1 aromatic heterocycles. The summed E-state index contributed by atoms with van der Waals surface area (Å²) >= 11 is 0. The second-order valence-electron chi connectivity index (χ2n) is 6.95. The number of nitrogens with zero attached hydrogens (tertiary/aromatic N) is 2. The van der Waals surface area contributed by atoms with Crippen LogP contribution in [0.2, 0.25) is 0 Å². The molecule has 11 heteroatoms. The number of aromatic hydroxyl groups is 1. The number of rotatable bonds is 4. The molecule has 1 aromatic carbocycles. The Balaban J connectivity index is 1.62. The van der Waals surface area contributed by atoms with Gasteiger partial charge in [-0.05, 0) is 6.07 Å². The van der Waals surface area contributed by atoms with Gasteiger partial charge in [-0.3, -0.25) is 14.4 Å². The van der Waals surface area contributed by atoms with Gasteiger partial charge in [0.2, 0.25) is 5.43 Å². The van der Waals surface area contributed by atoms with E-state index in [0.717, 1.165) is 23.2 Å². The molecule has 2 aliphatic rings. The highest BCUT2D eigenvalue weighted by atomic mass is 19.1. The lowest BCUT2D eigenvalue weighted by Gasteiger charge is -2.33. The van der Waals surface area contributed by atoms with Crippen LogP contribution in [0, 0.1) is 11.6 Å². The van der Waals surface area contributed by atoms with Crippen LogP contribution in [0.15, 0.2) is 29.2 Å². The summed E-state index contributed by atoms with van der Waals surface area (Å²) in [5, 5.41) is 12.6. The molecule has 2 N–H and O–H groups in total. The molecule has 2 aliphatic heterocycles. The zero-order valence-corrected chi connectivity index (χ0v) is 15.4. The van der Waals surface area contributed by atoms with Crippen molar-refractivity contribution in [1.29, 1.82) is 0 Å². The standard InChI is InChI=1S/C19H16F3N3O5/c20-4-11-8-30-14-7-24-6-12(16(26)17(27)15(24)19(29)25(11)14)18(28)23-5-9-1-2-10(21)3-13(9)22/h1-3,6,11,14,27H,4-5,7-8H2,(H,23,28)/t11-,14+/m0/s1. The minimum atomic E-state index is -1.10. The van der Waals surface area contributed by atoms with E-state index in [1.807, 2.05) is 0 Å². The van der Waals surface area contributed by atoms with Crippen LogP contribution in [0.3, 0.4) is 0 Å². The Morgan fingerprint density at radius 3 is 2.77 bits per heavy atom. The fourth-order valence-corrected chi connectivity index (χ4v) is 3.58. The molecule has 2 aromatic rings. The van der Waals surface area contributed by atoms with Gasteiger partial charge in [0.05, 0.1) is 19.2 Å². The van der Waals surface area contributed by atoms with Crippen molar-refractivity contribution in [3.8, 4) is 5.75 Å². The van der Waals surface area contributed by atoms with E-state index >= 15 is 0 Å². The van der Waals surface area contributed by atoms with Crippen molar-refractivity contribution >= 4 is 11.8 Å². The van der Waals surface area contributed by atoms with Gasteiger partial charge in [-0.1, -0.05) is 6.07 Å². The molecule has 0 unspecified atom stereocenters. The van der Waals surface area contributed by atoms with Crippen LogP contribution >= 0.6 is 0 Å². The van der Waals surface area contributed by atoms with E-state index in [1.54, 1.807) is 0 Å². The van der Waals surface area contributed by atoms with E-state index in [2.05, 4.69) is 5.32 Å². The number of pyridine rings is 1. The van der Waals surface area contributed by atoms with Crippen molar-refractivity contribution in [2.45, 2.75) is 25.4 Å². The summed E-state index contributed by atoms with van der Waals surface area (Å²) in [5.41, 5.74) is -1.93. The molecule has 0 radical (unpaired) electrons. The summed E-state index contributed by atoms with van der Waals surface area (Å²) in [4.78, 5) is 38.7. The van der Waals surface area contributed by atoms with E-state index < -0.39 is 59.1 Å². The average Bonchev–Trinajstić information content (AvgIpc) is 3.13. The van der Waals surface area contributed by atoms with E-state index in [4.69, 9.17) is 4.74 Å². The number of halogens is 3. The number of nitrogens with one attached hydrogen (secondary N) is 1. The quantitative estimate of drug-likeness (QED) is 0.762. The number of alkyl halides is 1. The number of fused-ring (bicyclic) bond motifs is 2. The van der Waals surface area contributed by atoms with Gasteiger partial charge in [-0.25, -0.2) is 13.2 Å². The lowest BCUT2D eigenvalue weighted by atomic mass is 10.1. The van der Waals surface area contributed by atoms with Crippen LogP contribution in [0.4, 0.5) is 13.2 Å². The molecule has 1 fully saturated rings. The highest BCUT2D eigenvalue weighted by Crippen LogP contribution is 2.29. The summed E-state index contributed by atoms with van der Waals surface area (Å²) in [5.74, 6) is -4.28. The molecule has 0 aliphatic carbocycles. The molecule has 30 heavy (non-hydrogen) atoms. The smallest absolute Gasteiger partial charge is 0.277 e. The minimum Gasteiger partial charge on any atom is -0.503 e. The number of benzene rings is 1. The Kier molecular flexibility index (Phi) is 4.98. The summed E-state index contributed by atoms with van der Waals surface area (Å²) in [7, 11) is 0. The van der Waals surface area contributed by atoms with Crippen molar-refractivity contribution in [3.63, 3.8) is 0 Å². The number of hydrogen-bond acceptors (Lipinski definition) is 5. The van der Waals surface area contributed by atoms with Gasteiger partial charge < -0.3 is 24.6 Å². The second-order valence-corrected chi connectivity index (χ2v) is 6.95. The molecule has 4 rings (SSSR count). The van der Waals surface area contributed by atoms with Gasteiger partial charge in [-0.2, -0.15) is 0 Å². The maximum absolute atomic E-state index is 13.7. The molecule has 2 amide bonds. The molecular weight excluding hydrogens is 407 g/mol. The topological polar surface area (TPSA) is 101 Å². The van der Waals surface area contributed by atoms with Crippen LogP contribution in [-0.2, 0) is 17.8 Å². The number of ether oxygens (including phenoxy) is 1. The van der Waals surface area contributed by atoms with E-state index in [1.165, 1.54) is 4.57 Å². The Morgan fingerprint density at radius 2 is 2.07 bits per heavy atom. The fourth-order valence-electron chi connectivity index (χ4n) is 3.58. The monoisotopic (exact) mass is 423 g/mol. The van der Waals surface area contributed by atoms with Gasteiger partial charge in [0.1, 0.15) is 23.9 Å². The number of aromatic nitrogens is 1. The van der Waals surface area contributed by atoms with E-state index in [0.29, 0.717) is 6.07 Å². The molecule has 2 atom stereocenters. The molecular formula is C19H16F3N3O5. The number of amides is 2. The number of carbonyl (C=O) groups excluding carboxylic acids is 2. The van der Waals surface area contributed by atoms with E-state index in [-0.39, 0.29) is 31.0 Å². The van der Waals surface area contributed by atoms with Gasteiger partial charge >= 0.3 is 0 Å². The number of carbonyl (C=O) groups is 2. The van der Waals surface area contributed by atoms with Crippen LogP contribution < -0.4 is 10.7 Å².